The van der Waals surface area contributed by atoms with Crippen LogP contribution in [0.3, 0.4) is 0 Å². The second-order valence-corrected chi connectivity index (χ2v) is 7.76. The normalized spacial score (nSPS) is 13.4. The number of hydrogen-bond acceptors (Lipinski definition) is 2. The Morgan fingerprint density at radius 2 is 1.90 bits per heavy atom. The van der Waals surface area contributed by atoms with Gasteiger partial charge in [-0.25, -0.2) is 0 Å². The lowest BCUT2D eigenvalue weighted by atomic mass is 9.81. The van der Waals surface area contributed by atoms with Gasteiger partial charge in [-0.05, 0) is 50.5 Å². The van der Waals surface area contributed by atoms with Gasteiger partial charge in [-0.2, -0.15) is 0 Å². The maximum absolute atomic E-state index is 3.68. The summed E-state index contributed by atoms with van der Waals surface area (Å²) in [5.74, 6) is 0. The first-order chi connectivity index (χ1) is 9.45. The highest BCUT2D eigenvalue weighted by Crippen LogP contribution is 2.37. The van der Waals surface area contributed by atoms with Gasteiger partial charge in [-0.15, -0.1) is 11.3 Å². The Bertz CT molecular complexity index is 568. The number of benzene rings is 1. The second kappa shape index (κ2) is 6.42. The van der Waals surface area contributed by atoms with Gasteiger partial charge >= 0.3 is 0 Å². The SMILES string of the molecule is CCNC(c1ccccc1C(C)(C)C)c1sccc1Br. The van der Waals surface area contributed by atoms with Crippen LogP contribution in [0.4, 0.5) is 0 Å². The minimum atomic E-state index is 0.147. The molecule has 0 fully saturated rings. The van der Waals surface area contributed by atoms with Crippen LogP contribution in [0.25, 0.3) is 0 Å². The molecule has 2 aromatic rings. The van der Waals surface area contributed by atoms with Crippen LogP contribution >= 0.6 is 27.3 Å². The molecule has 0 bridgehead atoms. The molecule has 1 N–H and O–H groups in total. The molecule has 0 saturated heterocycles. The fraction of sp³-hybridized carbons (Fsp3) is 0.412. The van der Waals surface area contributed by atoms with Gasteiger partial charge < -0.3 is 5.32 Å². The van der Waals surface area contributed by atoms with Crippen molar-refractivity contribution in [1.82, 2.24) is 5.32 Å². The van der Waals surface area contributed by atoms with E-state index < -0.39 is 0 Å². The third-order valence-electron chi connectivity index (χ3n) is 3.40. The monoisotopic (exact) mass is 351 g/mol. The molecule has 0 radical (unpaired) electrons. The van der Waals surface area contributed by atoms with Gasteiger partial charge in [0.05, 0.1) is 6.04 Å². The van der Waals surface area contributed by atoms with Crippen LogP contribution in [0, 0.1) is 0 Å². The summed E-state index contributed by atoms with van der Waals surface area (Å²) in [6, 6.07) is 11.2. The molecule has 0 aliphatic rings. The van der Waals surface area contributed by atoms with E-state index in [2.05, 4.69) is 84.7 Å². The van der Waals surface area contributed by atoms with Gasteiger partial charge in [-0.1, -0.05) is 52.0 Å². The van der Waals surface area contributed by atoms with E-state index >= 15 is 0 Å². The summed E-state index contributed by atoms with van der Waals surface area (Å²) in [4.78, 5) is 1.35. The molecule has 1 heterocycles. The van der Waals surface area contributed by atoms with Crippen molar-refractivity contribution >= 4 is 27.3 Å². The first-order valence-corrected chi connectivity index (χ1v) is 8.68. The van der Waals surface area contributed by atoms with Crippen LogP contribution in [-0.4, -0.2) is 6.54 Å². The highest BCUT2D eigenvalue weighted by molar-refractivity contribution is 9.10. The fourth-order valence-electron chi connectivity index (χ4n) is 2.49. The average molecular weight is 352 g/mol. The molecule has 1 unspecified atom stereocenters. The molecule has 0 spiro atoms. The quantitative estimate of drug-likeness (QED) is 0.765. The minimum absolute atomic E-state index is 0.147. The van der Waals surface area contributed by atoms with Crippen molar-refractivity contribution in [2.45, 2.75) is 39.2 Å². The predicted molar refractivity (Wildman–Crippen MR) is 92.7 cm³/mol. The fourth-order valence-corrected chi connectivity index (χ4v) is 4.19. The number of hydrogen-bond donors (Lipinski definition) is 1. The molecule has 0 aliphatic carbocycles. The Morgan fingerprint density at radius 3 is 2.45 bits per heavy atom. The summed E-state index contributed by atoms with van der Waals surface area (Å²) >= 11 is 5.48. The van der Waals surface area contributed by atoms with Crippen molar-refractivity contribution in [3.05, 3.63) is 56.2 Å². The van der Waals surface area contributed by atoms with E-state index in [1.165, 1.54) is 20.5 Å². The molecule has 1 aromatic heterocycles. The molecule has 0 saturated carbocycles. The van der Waals surface area contributed by atoms with Crippen LogP contribution in [0.5, 0.6) is 0 Å². The Kier molecular flexibility index (Phi) is 5.05. The first kappa shape index (κ1) is 15.7. The van der Waals surface area contributed by atoms with Crippen LogP contribution in [0.2, 0.25) is 0 Å². The smallest absolute Gasteiger partial charge is 0.0685 e. The maximum Gasteiger partial charge on any atom is 0.0685 e. The van der Waals surface area contributed by atoms with Crippen molar-refractivity contribution in [3.63, 3.8) is 0 Å². The van der Waals surface area contributed by atoms with Crippen molar-refractivity contribution < 1.29 is 0 Å². The lowest BCUT2D eigenvalue weighted by Crippen LogP contribution is -2.25. The topological polar surface area (TPSA) is 12.0 Å². The van der Waals surface area contributed by atoms with E-state index in [1.54, 1.807) is 11.3 Å². The molecule has 1 atom stereocenters. The summed E-state index contributed by atoms with van der Waals surface area (Å²) in [6.07, 6.45) is 0. The van der Waals surface area contributed by atoms with Crippen LogP contribution < -0.4 is 5.32 Å². The number of rotatable bonds is 4. The summed E-state index contributed by atoms with van der Waals surface area (Å²) in [7, 11) is 0. The van der Waals surface area contributed by atoms with Crippen molar-refractivity contribution in [3.8, 4) is 0 Å². The lowest BCUT2D eigenvalue weighted by Gasteiger charge is -2.28. The molecule has 108 valence electrons. The zero-order valence-electron chi connectivity index (χ0n) is 12.5. The van der Waals surface area contributed by atoms with Gasteiger partial charge in [0.1, 0.15) is 0 Å². The summed E-state index contributed by atoms with van der Waals surface area (Å²) in [5, 5.41) is 5.78. The minimum Gasteiger partial charge on any atom is -0.306 e. The summed E-state index contributed by atoms with van der Waals surface area (Å²) in [5.41, 5.74) is 2.94. The summed E-state index contributed by atoms with van der Waals surface area (Å²) in [6.45, 7) is 9.94. The van der Waals surface area contributed by atoms with E-state index in [1.807, 2.05) is 0 Å². The maximum atomic E-state index is 3.68. The van der Waals surface area contributed by atoms with E-state index in [4.69, 9.17) is 0 Å². The van der Waals surface area contributed by atoms with Crippen LogP contribution in [0.1, 0.15) is 49.7 Å². The molecule has 0 amide bonds. The molecular formula is C17H22BrNS. The lowest BCUT2D eigenvalue weighted by molar-refractivity contribution is 0.559. The number of thiophene rings is 1. The Balaban J connectivity index is 2.54. The van der Waals surface area contributed by atoms with Crippen molar-refractivity contribution in [2.24, 2.45) is 0 Å². The standard InChI is InChI=1S/C17H22BrNS/c1-5-19-15(16-14(18)10-11-20-16)12-8-6-7-9-13(12)17(2,3)4/h6-11,15,19H,5H2,1-4H3. The highest BCUT2D eigenvalue weighted by atomic mass is 79.9. The molecule has 1 aromatic carbocycles. The average Bonchev–Trinajstić information content (AvgIpc) is 2.81. The van der Waals surface area contributed by atoms with E-state index in [0.29, 0.717) is 0 Å². The van der Waals surface area contributed by atoms with Crippen LogP contribution in [-0.2, 0) is 5.41 Å². The Hall–Kier alpha value is -0.640. The van der Waals surface area contributed by atoms with Crippen molar-refractivity contribution in [2.75, 3.05) is 6.54 Å². The van der Waals surface area contributed by atoms with Gasteiger partial charge in [0.15, 0.2) is 0 Å². The summed E-state index contributed by atoms with van der Waals surface area (Å²) < 4.78 is 1.19. The highest BCUT2D eigenvalue weighted by Gasteiger charge is 2.24. The van der Waals surface area contributed by atoms with Gasteiger partial charge in [0.2, 0.25) is 0 Å². The molecular weight excluding hydrogens is 330 g/mol. The third-order valence-corrected chi connectivity index (χ3v) is 5.33. The third kappa shape index (κ3) is 3.33. The molecule has 3 heteroatoms. The molecule has 0 aliphatic heterocycles. The second-order valence-electron chi connectivity index (χ2n) is 5.96. The van der Waals surface area contributed by atoms with E-state index in [0.717, 1.165) is 6.54 Å². The van der Waals surface area contributed by atoms with Crippen molar-refractivity contribution in [1.29, 1.82) is 0 Å². The van der Waals surface area contributed by atoms with Gasteiger partial charge in [0, 0.05) is 9.35 Å². The molecule has 2 rings (SSSR count). The largest absolute Gasteiger partial charge is 0.306 e. The molecule has 1 nitrogen and oxygen atoms in total. The zero-order valence-corrected chi connectivity index (χ0v) is 14.9. The first-order valence-electron chi connectivity index (χ1n) is 7.00. The number of nitrogens with one attached hydrogen (secondary N) is 1. The predicted octanol–water partition coefficient (Wildman–Crippen LogP) is 5.51. The number of halogens is 1. The Morgan fingerprint density at radius 1 is 1.20 bits per heavy atom. The zero-order chi connectivity index (χ0) is 14.8. The van der Waals surface area contributed by atoms with Gasteiger partial charge in [-0.3, -0.25) is 0 Å². The van der Waals surface area contributed by atoms with E-state index in [9.17, 15) is 0 Å². The molecule has 20 heavy (non-hydrogen) atoms. The van der Waals surface area contributed by atoms with E-state index in [-0.39, 0.29) is 11.5 Å². The Labute approximate surface area is 134 Å². The van der Waals surface area contributed by atoms with Crippen LogP contribution in [0.15, 0.2) is 40.2 Å². The van der Waals surface area contributed by atoms with Gasteiger partial charge in [0.25, 0.3) is 0 Å².